The molecule has 0 radical (unpaired) electrons. The third-order valence-corrected chi connectivity index (χ3v) is 6.18. The van der Waals surface area contributed by atoms with Crippen LogP contribution in [-0.4, -0.2) is 52.1 Å². The lowest BCUT2D eigenvalue weighted by atomic mass is 10.0. The number of carbonyl (C=O) groups is 1. The molecule has 0 spiro atoms. The van der Waals surface area contributed by atoms with Crippen molar-refractivity contribution in [1.82, 2.24) is 14.8 Å². The molecule has 0 bridgehead atoms. The van der Waals surface area contributed by atoms with Crippen molar-refractivity contribution in [1.29, 1.82) is 0 Å². The quantitative estimate of drug-likeness (QED) is 0.433. The molecule has 5 rings (SSSR count). The Morgan fingerprint density at radius 2 is 1.77 bits per heavy atom. The van der Waals surface area contributed by atoms with Crippen LogP contribution < -0.4 is 4.90 Å². The van der Waals surface area contributed by atoms with Crippen LogP contribution in [-0.2, 0) is 10.7 Å². The summed E-state index contributed by atoms with van der Waals surface area (Å²) in [6.45, 7) is 5.60. The van der Waals surface area contributed by atoms with Gasteiger partial charge in [0.25, 0.3) is 5.92 Å². The minimum absolute atomic E-state index is 0.150. The summed E-state index contributed by atoms with van der Waals surface area (Å²) in [4.78, 5) is 18.5. The number of alkyl halides is 2. The van der Waals surface area contributed by atoms with Crippen LogP contribution >= 0.6 is 0 Å². The van der Waals surface area contributed by atoms with E-state index in [0.29, 0.717) is 41.2 Å². The molecule has 180 valence electrons. The fourth-order valence-corrected chi connectivity index (χ4v) is 4.39. The van der Waals surface area contributed by atoms with E-state index in [1.807, 2.05) is 24.3 Å². The first-order chi connectivity index (χ1) is 16.7. The van der Waals surface area contributed by atoms with Crippen molar-refractivity contribution in [2.75, 3.05) is 31.2 Å². The summed E-state index contributed by atoms with van der Waals surface area (Å²) in [5.41, 5.74) is 3.52. The van der Waals surface area contributed by atoms with Crippen LogP contribution in [0.2, 0.25) is 0 Å². The van der Waals surface area contributed by atoms with Gasteiger partial charge in [-0.1, -0.05) is 24.3 Å². The van der Waals surface area contributed by atoms with E-state index < -0.39 is 11.9 Å². The number of morpholine rings is 1. The number of anilines is 1. The third-order valence-electron chi connectivity index (χ3n) is 6.18. The highest BCUT2D eigenvalue weighted by Crippen LogP contribution is 2.34. The van der Waals surface area contributed by atoms with Crippen molar-refractivity contribution < 1.29 is 23.4 Å². The largest absolute Gasteiger partial charge is 0.477 e. The van der Waals surface area contributed by atoms with Crippen LogP contribution in [0.1, 0.15) is 28.7 Å². The van der Waals surface area contributed by atoms with Crippen molar-refractivity contribution in [2.24, 2.45) is 0 Å². The standard InChI is InChI=1S/C26H24F2N4O3/c1-16-23-21(17-6-8-19(9-7-17)31-10-12-35-13-11-31)15-22(25(33)34)29-24(23)32(30-16)20-5-3-4-18(14-20)26(2,27)28/h3-9,14-15H,10-13H2,1-2H3,(H,33,34). The van der Waals surface area contributed by atoms with E-state index in [-0.39, 0.29) is 11.3 Å². The minimum Gasteiger partial charge on any atom is -0.477 e. The van der Waals surface area contributed by atoms with Gasteiger partial charge in [0, 0.05) is 31.3 Å². The van der Waals surface area contributed by atoms with Gasteiger partial charge in [-0.2, -0.15) is 5.10 Å². The molecule has 3 heterocycles. The molecule has 1 saturated heterocycles. The molecule has 35 heavy (non-hydrogen) atoms. The lowest BCUT2D eigenvalue weighted by Crippen LogP contribution is -2.36. The molecule has 0 saturated carbocycles. The normalized spacial score (nSPS) is 14.5. The molecule has 1 aliphatic rings. The Bertz CT molecular complexity index is 1400. The van der Waals surface area contributed by atoms with Crippen molar-refractivity contribution in [3.05, 3.63) is 71.5 Å². The Morgan fingerprint density at radius 1 is 1.06 bits per heavy atom. The highest BCUT2D eigenvalue weighted by Gasteiger charge is 2.26. The number of fused-ring (bicyclic) bond motifs is 1. The van der Waals surface area contributed by atoms with E-state index in [1.54, 1.807) is 13.0 Å². The molecule has 0 atom stereocenters. The van der Waals surface area contributed by atoms with Crippen molar-refractivity contribution in [3.8, 4) is 16.8 Å². The Morgan fingerprint density at radius 3 is 2.43 bits per heavy atom. The number of benzene rings is 2. The first-order valence-corrected chi connectivity index (χ1v) is 11.3. The lowest BCUT2D eigenvalue weighted by Gasteiger charge is -2.29. The summed E-state index contributed by atoms with van der Waals surface area (Å²) in [5.74, 6) is -4.21. The van der Waals surface area contributed by atoms with Gasteiger partial charge in [0.05, 0.1) is 30.0 Å². The molecular weight excluding hydrogens is 454 g/mol. The van der Waals surface area contributed by atoms with Gasteiger partial charge in [0.15, 0.2) is 11.3 Å². The van der Waals surface area contributed by atoms with Gasteiger partial charge in [-0.25, -0.2) is 23.2 Å². The Hall–Kier alpha value is -3.85. The molecule has 1 fully saturated rings. The second-order valence-corrected chi connectivity index (χ2v) is 8.64. The number of aryl methyl sites for hydroxylation is 1. The maximum atomic E-state index is 14.0. The number of aromatic carboxylic acids is 1. The first-order valence-electron chi connectivity index (χ1n) is 11.3. The number of carboxylic acid groups (broad SMARTS) is 1. The first kappa shape index (κ1) is 22.9. The number of carboxylic acids is 1. The number of rotatable bonds is 5. The maximum absolute atomic E-state index is 14.0. The van der Waals surface area contributed by atoms with Crippen LogP contribution in [0.4, 0.5) is 14.5 Å². The van der Waals surface area contributed by atoms with Gasteiger partial charge in [-0.15, -0.1) is 0 Å². The van der Waals surface area contributed by atoms with E-state index in [4.69, 9.17) is 4.74 Å². The predicted octanol–water partition coefficient (Wildman–Crippen LogP) is 5.04. The Kier molecular flexibility index (Phi) is 5.72. The summed E-state index contributed by atoms with van der Waals surface area (Å²) >= 11 is 0. The lowest BCUT2D eigenvalue weighted by molar-refractivity contribution is 0.0174. The molecule has 7 nitrogen and oxygen atoms in total. The van der Waals surface area contributed by atoms with Crippen LogP contribution in [0.3, 0.4) is 0 Å². The second-order valence-electron chi connectivity index (χ2n) is 8.64. The number of pyridine rings is 1. The van der Waals surface area contributed by atoms with Gasteiger partial charge >= 0.3 is 5.97 Å². The summed E-state index contributed by atoms with van der Waals surface area (Å²) in [7, 11) is 0. The molecule has 0 unspecified atom stereocenters. The fourth-order valence-electron chi connectivity index (χ4n) is 4.39. The summed E-state index contributed by atoms with van der Waals surface area (Å²) in [6.07, 6.45) is 0. The minimum atomic E-state index is -3.03. The molecule has 2 aromatic heterocycles. The van der Waals surface area contributed by atoms with Gasteiger partial charge in [-0.3, -0.25) is 0 Å². The summed E-state index contributed by atoms with van der Waals surface area (Å²) < 4.78 is 34.8. The van der Waals surface area contributed by atoms with Crippen molar-refractivity contribution >= 4 is 22.7 Å². The molecular formula is C26H24F2N4O3. The fraction of sp³-hybridized carbons (Fsp3) is 0.269. The van der Waals surface area contributed by atoms with Crippen LogP contribution in [0.15, 0.2) is 54.6 Å². The zero-order chi connectivity index (χ0) is 24.7. The average Bonchev–Trinajstić information content (AvgIpc) is 3.20. The third kappa shape index (κ3) is 4.35. The summed E-state index contributed by atoms with van der Waals surface area (Å²) in [6, 6.07) is 15.3. The van der Waals surface area contributed by atoms with Gasteiger partial charge in [-0.05, 0) is 48.4 Å². The van der Waals surface area contributed by atoms with Gasteiger partial charge in [0.2, 0.25) is 0 Å². The van der Waals surface area contributed by atoms with Crippen LogP contribution in [0.5, 0.6) is 0 Å². The zero-order valence-electron chi connectivity index (χ0n) is 19.3. The number of hydrogen-bond acceptors (Lipinski definition) is 5. The van der Waals surface area contributed by atoms with E-state index in [1.165, 1.54) is 28.9 Å². The average molecular weight is 478 g/mol. The number of aromatic nitrogens is 3. The Labute approximate surface area is 200 Å². The van der Waals surface area contributed by atoms with Crippen LogP contribution in [0, 0.1) is 6.92 Å². The second kappa shape index (κ2) is 8.74. The van der Waals surface area contributed by atoms with Crippen LogP contribution in [0.25, 0.3) is 27.8 Å². The summed E-state index contributed by atoms with van der Waals surface area (Å²) in [5, 5.41) is 15.0. The molecule has 9 heteroatoms. The maximum Gasteiger partial charge on any atom is 0.354 e. The number of nitrogens with zero attached hydrogens (tertiary/aromatic N) is 4. The number of ether oxygens (including phenoxy) is 1. The smallest absolute Gasteiger partial charge is 0.354 e. The monoisotopic (exact) mass is 478 g/mol. The van der Waals surface area contributed by atoms with E-state index in [2.05, 4.69) is 15.0 Å². The molecule has 1 N–H and O–H groups in total. The molecule has 0 amide bonds. The molecule has 1 aliphatic heterocycles. The highest BCUT2D eigenvalue weighted by atomic mass is 19.3. The predicted molar refractivity (Wildman–Crippen MR) is 129 cm³/mol. The Balaban J connectivity index is 1.66. The SMILES string of the molecule is Cc1nn(-c2cccc(C(C)(F)F)c2)c2nc(C(=O)O)cc(-c3ccc(N4CCOCC4)cc3)c12. The van der Waals surface area contributed by atoms with Crippen molar-refractivity contribution in [3.63, 3.8) is 0 Å². The van der Waals surface area contributed by atoms with E-state index in [0.717, 1.165) is 31.3 Å². The number of halogens is 2. The zero-order valence-corrected chi connectivity index (χ0v) is 19.3. The molecule has 4 aromatic rings. The topological polar surface area (TPSA) is 80.5 Å². The van der Waals surface area contributed by atoms with Gasteiger partial charge in [0.1, 0.15) is 0 Å². The van der Waals surface area contributed by atoms with Gasteiger partial charge < -0.3 is 14.7 Å². The van der Waals surface area contributed by atoms with E-state index >= 15 is 0 Å². The van der Waals surface area contributed by atoms with Crippen molar-refractivity contribution in [2.45, 2.75) is 19.8 Å². The number of hydrogen-bond donors (Lipinski definition) is 1. The molecule has 2 aromatic carbocycles. The molecule has 0 aliphatic carbocycles. The van der Waals surface area contributed by atoms with E-state index in [9.17, 15) is 18.7 Å². The highest BCUT2D eigenvalue weighted by molar-refractivity contribution is 6.00.